The molecule has 0 radical (unpaired) electrons. The van der Waals surface area contributed by atoms with Crippen LogP contribution in [0.3, 0.4) is 0 Å². The molecule has 1 atom stereocenters. The molecule has 1 aliphatic heterocycles. The monoisotopic (exact) mass is 325 g/mol. The number of guanidine groups is 2. The molecule has 0 fully saturated rings. The first kappa shape index (κ1) is 15.5. The number of rotatable bonds is 3. The van der Waals surface area contributed by atoms with Crippen LogP contribution in [0.2, 0.25) is 0 Å². The number of benzene rings is 1. The van der Waals surface area contributed by atoms with Gasteiger partial charge in [-0.2, -0.15) is 4.99 Å². The Bertz CT molecular complexity index is 480. The lowest BCUT2D eigenvalue weighted by atomic mass is 10.2. The maximum absolute atomic E-state index is 5.98. The SMILES string of the molecule is Br.CCCC1N=C(N)N=C(N)N1c1ccc(C)cc1. The second-order valence-electron chi connectivity index (χ2n) is 4.43. The molecule has 0 aromatic heterocycles. The molecule has 0 spiro atoms. The van der Waals surface area contributed by atoms with Gasteiger partial charge in [-0.1, -0.05) is 31.0 Å². The average Bonchev–Trinajstić information content (AvgIpc) is 2.31. The zero-order valence-electron chi connectivity index (χ0n) is 11.2. The zero-order valence-corrected chi connectivity index (χ0v) is 12.9. The van der Waals surface area contributed by atoms with E-state index in [1.54, 1.807) is 0 Å². The number of anilines is 1. The highest BCUT2D eigenvalue weighted by Crippen LogP contribution is 2.22. The highest BCUT2D eigenvalue weighted by molar-refractivity contribution is 8.93. The van der Waals surface area contributed by atoms with Crippen LogP contribution in [0.4, 0.5) is 5.69 Å². The summed E-state index contributed by atoms with van der Waals surface area (Å²) in [6, 6.07) is 8.15. The van der Waals surface area contributed by atoms with Crippen LogP contribution >= 0.6 is 17.0 Å². The van der Waals surface area contributed by atoms with Crippen LogP contribution in [-0.2, 0) is 0 Å². The summed E-state index contributed by atoms with van der Waals surface area (Å²) < 4.78 is 0. The van der Waals surface area contributed by atoms with Gasteiger partial charge in [-0.25, -0.2) is 4.99 Å². The number of nitrogens with two attached hydrogens (primary N) is 2. The van der Waals surface area contributed by atoms with Crippen molar-refractivity contribution < 1.29 is 0 Å². The lowest BCUT2D eigenvalue weighted by molar-refractivity contribution is 0.613. The van der Waals surface area contributed by atoms with Crippen molar-refractivity contribution in [1.29, 1.82) is 0 Å². The summed E-state index contributed by atoms with van der Waals surface area (Å²) in [5.41, 5.74) is 13.8. The van der Waals surface area contributed by atoms with Gasteiger partial charge in [-0.3, -0.25) is 4.90 Å². The number of aliphatic imine (C=N–C) groups is 2. The van der Waals surface area contributed by atoms with Gasteiger partial charge in [0.15, 0.2) is 0 Å². The number of aryl methyl sites for hydroxylation is 1. The molecule has 0 bridgehead atoms. The van der Waals surface area contributed by atoms with Crippen molar-refractivity contribution in [2.75, 3.05) is 4.90 Å². The molecule has 2 rings (SSSR count). The number of nitrogens with zero attached hydrogens (tertiary/aromatic N) is 3. The molecule has 19 heavy (non-hydrogen) atoms. The fourth-order valence-electron chi connectivity index (χ4n) is 2.02. The van der Waals surface area contributed by atoms with Crippen LogP contribution < -0.4 is 16.4 Å². The normalized spacial score (nSPS) is 18.4. The van der Waals surface area contributed by atoms with E-state index >= 15 is 0 Å². The summed E-state index contributed by atoms with van der Waals surface area (Å²) in [6.07, 6.45) is 1.84. The third-order valence-corrected chi connectivity index (χ3v) is 2.91. The van der Waals surface area contributed by atoms with Crippen molar-refractivity contribution in [1.82, 2.24) is 0 Å². The van der Waals surface area contributed by atoms with Crippen LogP contribution in [-0.4, -0.2) is 18.1 Å². The summed E-state index contributed by atoms with van der Waals surface area (Å²) in [6.45, 7) is 4.16. The van der Waals surface area contributed by atoms with E-state index < -0.39 is 0 Å². The summed E-state index contributed by atoms with van der Waals surface area (Å²) in [5, 5.41) is 0. The molecule has 1 heterocycles. The smallest absolute Gasteiger partial charge is 0.220 e. The Hall–Kier alpha value is -1.56. The van der Waals surface area contributed by atoms with Crippen molar-refractivity contribution >= 4 is 34.6 Å². The predicted molar refractivity (Wildman–Crippen MR) is 85.9 cm³/mol. The van der Waals surface area contributed by atoms with Gasteiger partial charge >= 0.3 is 0 Å². The molecule has 6 heteroatoms. The molecule has 0 saturated heterocycles. The Balaban J connectivity index is 0.00000180. The largest absolute Gasteiger partial charge is 0.369 e. The zero-order chi connectivity index (χ0) is 13.1. The molecule has 1 aromatic carbocycles. The van der Waals surface area contributed by atoms with Crippen molar-refractivity contribution in [2.24, 2.45) is 21.5 Å². The van der Waals surface area contributed by atoms with E-state index in [9.17, 15) is 0 Å². The van der Waals surface area contributed by atoms with E-state index in [-0.39, 0.29) is 29.1 Å². The van der Waals surface area contributed by atoms with Gasteiger partial charge in [0.1, 0.15) is 6.17 Å². The minimum Gasteiger partial charge on any atom is -0.369 e. The van der Waals surface area contributed by atoms with Crippen LogP contribution in [0.25, 0.3) is 0 Å². The van der Waals surface area contributed by atoms with Crippen LogP contribution in [0.5, 0.6) is 0 Å². The van der Waals surface area contributed by atoms with E-state index in [2.05, 4.69) is 23.8 Å². The standard InChI is InChI=1S/C13H19N5.BrH/c1-3-4-11-16-12(14)17-13(15)18(11)10-7-5-9(2)6-8-10;/h5-8,11H,3-4H2,1-2H3,(H4,14,15,16,17);1H. The van der Waals surface area contributed by atoms with Gasteiger partial charge in [0.05, 0.1) is 0 Å². The van der Waals surface area contributed by atoms with E-state index in [1.807, 2.05) is 29.2 Å². The molecular weight excluding hydrogens is 306 g/mol. The molecule has 0 amide bonds. The van der Waals surface area contributed by atoms with Gasteiger partial charge < -0.3 is 11.5 Å². The van der Waals surface area contributed by atoms with Gasteiger partial charge in [0.2, 0.25) is 11.9 Å². The average molecular weight is 326 g/mol. The van der Waals surface area contributed by atoms with E-state index in [1.165, 1.54) is 5.56 Å². The summed E-state index contributed by atoms with van der Waals surface area (Å²) in [4.78, 5) is 10.3. The summed E-state index contributed by atoms with van der Waals surface area (Å²) in [7, 11) is 0. The third-order valence-electron chi connectivity index (χ3n) is 2.91. The molecule has 1 unspecified atom stereocenters. The first-order chi connectivity index (χ1) is 8.61. The summed E-state index contributed by atoms with van der Waals surface area (Å²) >= 11 is 0. The minimum atomic E-state index is -0.0600. The Kier molecular flexibility index (Phi) is 5.35. The van der Waals surface area contributed by atoms with Gasteiger partial charge in [0, 0.05) is 5.69 Å². The third kappa shape index (κ3) is 3.47. The van der Waals surface area contributed by atoms with Gasteiger partial charge in [-0.15, -0.1) is 17.0 Å². The number of halogens is 1. The Morgan fingerprint density at radius 2 is 1.84 bits per heavy atom. The Morgan fingerprint density at radius 3 is 2.42 bits per heavy atom. The molecule has 1 aliphatic rings. The molecule has 0 aliphatic carbocycles. The highest BCUT2D eigenvalue weighted by atomic mass is 79.9. The molecule has 0 saturated carbocycles. The topological polar surface area (TPSA) is 80.0 Å². The maximum Gasteiger partial charge on any atom is 0.220 e. The molecule has 1 aromatic rings. The lowest BCUT2D eigenvalue weighted by Gasteiger charge is -2.32. The van der Waals surface area contributed by atoms with E-state index in [4.69, 9.17) is 11.5 Å². The van der Waals surface area contributed by atoms with Crippen molar-refractivity contribution in [2.45, 2.75) is 32.9 Å². The summed E-state index contributed by atoms with van der Waals surface area (Å²) in [5.74, 6) is 0.666. The molecule has 104 valence electrons. The molecule has 5 nitrogen and oxygen atoms in total. The van der Waals surface area contributed by atoms with Crippen LogP contribution in [0, 0.1) is 6.92 Å². The number of hydrogen-bond donors (Lipinski definition) is 2. The quantitative estimate of drug-likeness (QED) is 0.893. The van der Waals surface area contributed by atoms with E-state index in [0.29, 0.717) is 5.96 Å². The Labute approximate surface area is 124 Å². The highest BCUT2D eigenvalue weighted by Gasteiger charge is 2.24. The molecular formula is C13H20BrN5. The van der Waals surface area contributed by atoms with Gasteiger partial charge in [-0.05, 0) is 25.5 Å². The fraction of sp³-hybridized carbons (Fsp3) is 0.385. The fourth-order valence-corrected chi connectivity index (χ4v) is 2.02. The minimum absolute atomic E-state index is 0. The first-order valence-corrected chi connectivity index (χ1v) is 6.15. The predicted octanol–water partition coefficient (Wildman–Crippen LogP) is 2.15. The second-order valence-corrected chi connectivity index (χ2v) is 4.43. The van der Waals surface area contributed by atoms with E-state index in [0.717, 1.165) is 18.5 Å². The van der Waals surface area contributed by atoms with Crippen LogP contribution in [0.15, 0.2) is 34.3 Å². The molecule has 4 N–H and O–H groups in total. The number of hydrogen-bond acceptors (Lipinski definition) is 5. The first-order valence-electron chi connectivity index (χ1n) is 6.15. The van der Waals surface area contributed by atoms with Crippen molar-refractivity contribution in [3.8, 4) is 0 Å². The van der Waals surface area contributed by atoms with Crippen LogP contribution in [0.1, 0.15) is 25.3 Å². The van der Waals surface area contributed by atoms with Crippen molar-refractivity contribution in [3.05, 3.63) is 29.8 Å². The maximum atomic E-state index is 5.98. The van der Waals surface area contributed by atoms with Crippen molar-refractivity contribution in [3.63, 3.8) is 0 Å². The second kappa shape index (κ2) is 6.56. The Morgan fingerprint density at radius 1 is 1.21 bits per heavy atom. The van der Waals surface area contributed by atoms with Gasteiger partial charge in [0.25, 0.3) is 0 Å². The lowest BCUT2D eigenvalue weighted by Crippen LogP contribution is -2.48.